The highest BCUT2D eigenvalue weighted by Crippen LogP contribution is 2.18. The smallest absolute Gasteiger partial charge is 0.329 e. The maximum absolute atomic E-state index is 10.1. The first-order valence-electron chi connectivity index (χ1n) is 2.80. The highest BCUT2D eigenvalue weighted by molar-refractivity contribution is 5.44. The number of nitrogens with two attached hydrogens (primary N) is 1. The van der Waals surface area contributed by atoms with Gasteiger partial charge in [0, 0.05) is 12.3 Å². The second-order valence-electron chi connectivity index (χ2n) is 1.84. The summed E-state index contributed by atoms with van der Waals surface area (Å²) in [6.45, 7) is 0. The summed E-state index contributed by atoms with van der Waals surface area (Å²) in [6, 6.07) is 2.62. The standard InChI is InChI=1S/C5H5ClN2O4/c7-5-4(2-1-3-8-5)12-6(9,10)11/h1-3H,(H2,7,8). The summed E-state index contributed by atoms with van der Waals surface area (Å²) < 4.78 is 34.1. The van der Waals surface area contributed by atoms with Crippen molar-refractivity contribution in [3.63, 3.8) is 0 Å². The van der Waals surface area contributed by atoms with Crippen molar-refractivity contribution in [1.29, 1.82) is 0 Å². The predicted molar refractivity (Wildman–Crippen MR) is 29.3 cm³/mol. The van der Waals surface area contributed by atoms with Gasteiger partial charge in [0.05, 0.1) is 0 Å². The topological polar surface area (TPSA) is 117 Å². The van der Waals surface area contributed by atoms with Crippen LogP contribution in [0.5, 0.6) is 5.75 Å². The van der Waals surface area contributed by atoms with E-state index >= 15 is 0 Å². The molecule has 12 heavy (non-hydrogen) atoms. The van der Waals surface area contributed by atoms with Gasteiger partial charge in [-0.3, -0.25) is 0 Å². The second kappa shape index (κ2) is 3.11. The summed E-state index contributed by atoms with van der Waals surface area (Å²) in [5, 5.41) is 0. The number of halogens is 1. The molecule has 6 nitrogen and oxygen atoms in total. The Balaban J connectivity index is 2.83. The molecule has 0 amide bonds. The van der Waals surface area contributed by atoms with Crippen molar-refractivity contribution in [1.82, 2.24) is 4.98 Å². The molecule has 66 valence electrons. The monoisotopic (exact) mass is 192 g/mol. The fourth-order valence-electron chi connectivity index (χ4n) is 0.570. The number of anilines is 1. The van der Waals surface area contributed by atoms with Crippen molar-refractivity contribution in [2.24, 2.45) is 0 Å². The Morgan fingerprint density at radius 2 is 2.08 bits per heavy atom. The average Bonchev–Trinajstić information content (AvgIpc) is 1.91. The van der Waals surface area contributed by atoms with Gasteiger partial charge in [0.2, 0.25) is 0 Å². The van der Waals surface area contributed by atoms with Crippen LogP contribution in [0.2, 0.25) is 0 Å². The first-order valence-corrected chi connectivity index (χ1v) is 4.03. The van der Waals surface area contributed by atoms with Crippen LogP contribution in [0.1, 0.15) is 0 Å². The lowest BCUT2D eigenvalue weighted by Crippen LogP contribution is -2.63. The Bertz CT molecular complexity index is 274. The van der Waals surface area contributed by atoms with Crippen molar-refractivity contribution in [3.8, 4) is 5.75 Å². The number of hydrogen-bond donors (Lipinski definition) is 1. The van der Waals surface area contributed by atoms with Gasteiger partial charge in [-0.1, -0.05) is 4.29 Å². The zero-order valence-corrected chi connectivity index (χ0v) is 6.52. The average molecular weight is 193 g/mol. The van der Waals surface area contributed by atoms with E-state index in [0.29, 0.717) is 0 Å². The third-order valence-corrected chi connectivity index (χ3v) is 1.33. The van der Waals surface area contributed by atoms with E-state index in [2.05, 4.69) is 9.27 Å². The Labute approximate surface area is 69.9 Å². The maximum atomic E-state index is 10.1. The van der Waals surface area contributed by atoms with Crippen LogP contribution < -0.4 is 24.0 Å². The molecule has 1 rings (SSSR count). The molecule has 0 aromatic carbocycles. The SMILES string of the molecule is Nc1ncccc1O[Cl+3]([O-])([O-])[O-]. The summed E-state index contributed by atoms with van der Waals surface area (Å²) in [5.74, 6) is -0.418. The lowest BCUT2D eigenvalue weighted by atomic mass is 10.4. The largest absolute Gasteiger partial charge is 0.380 e. The van der Waals surface area contributed by atoms with Gasteiger partial charge in [-0.05, 0) is 6.07 Å². The van der Waals surface area contributed by atoms with Gasteiger partial charge in [-0.15, -0.1) is 0 Å². The maximum Gasteiger partial charge on any atom is 0.329 e. The molecule has 0 bridgehead atoms. The van der Waals surface area contributed by atoms with Crippen LogP contribution in [-0.4, -0.2) is 4.98 Å². The van der Waals surface area contributed by atoms with Crippen LogP contribution in [0.15, 0.2) is 18.3 Å². The predicted octanol–water partition coefficient (Wildman–Crippen LogP) is -3.06. The van der Waals surface area contributed by atoms with Crippen molar-refractivity contribution >= 4 is 5.82 Å². The molecule has 0 fully saturated rings. The second-order valence-corrected chi connectivity index (χ2v) is 2.75. The summed E-state index contributed by atoms with van der Waals surface area (Å²) in [4.78, 5) is 3.51. The Morgan fingerprint density at radius 3 is 2.58 bits per heavy atom. The highest BCUT2D eigenvalue weighted by Gasteiger charge is 2.21. The summed E-state index contributed by atoms with van der Waals surface area (Å²) in [7, 11) is -4.50. The molecule has 0 aliphatic rings. The van der Waals surface area contributed by atoms with Gasteiger partial charge in [0.1, 0.15) is 10.2 Å². The van der Waals surface area contributed by atoms with Crippen molar-refractivity contribution in [2.75, 3.05) is 5.73 Å². The molecule has 0 unspecified atom stereocenters. The van der Waals surface area contributed by atoms with Crippen molar-refractivity contribution in [3.05, 3.63) is 18.3 Å². The number of rotatable bonds is 2. The number of pyridine rings is 1. The van der Waals surface area contributed by atoms with Gasteiger partial charge in [-0.25, -0.2) is 4.98 Å². The van der Waals surface area contributed by atoms with E-state index in [-0.39, 0.29) is 11.6 Å². The minimum atomic E-state index is -4.50. The molecule has 2 N–H and O–H groups in total. The minimum absolute atomic E-state index is 0.149. The van der Waals surface area contributed by atoms with E-state index in [1.165, 1.54) is 18.3 Å². The molecule has 0 saturated heterocycles. The molecule has 0 aliphatic carbocycles. The van der Waals surface area contributed by atoms with Gasteiger partial charge in [0.15, 0.2) is 5.82 Å². The van der Waals surface area contributed by atoms with Crippen LogP contribution in [0.25, 0.3) is 0 Å². The zero-order valence-electron chi connectivity index (χ0n) is 5.77. The lowest BCUT2D eigenvalue weighted by molar-refractivity contribution is -1.91. The molecule has 0 saturated carbocycles. The highest BCUT2D eigenvalue weighted by atomic mass is 35.7. The third-order valence-electron chi connectivity index (χ3n) is 0.977. The van der Waals surface area contributed by atoms with Gasteiger partial charge >= 0.3 is 5.75 Å². The zero-order chi connectivity index (χ0) is 9.19. The van der Waals surface area contributed by atoms with Gasteiger partial charge in [-0.2, -0.15) is 14.0 Å². The first kappa shape index (κ1) is 9.01. The number of aromatic nitrogens is 1. The number of nitrogen functional groups attached to an aromatic ring is 1. The molecule has 0 radical (unpaired) electrons. The van der Waals surface area contributed by atoms with Crippen molar-refractivity contribution < 1.29 is 28.5 Å². The lowest BCUT2D eigenvalue weighted by Gasteiger charge is -2.12. The molecular formula is C5H5ClN2O4. The molecule has 1 aromatic rings. The molecule has 1 heterocycles. The van der Waals surface area contributed by atoms with Crippen LogP contribution >= 0.6 is 0 Å². The Kier molecular flexibility index (Phi) is 2.34. The fourth-order valence-corrected chi connectivity index (χ4v) is 0.904. The molecule has 0 spiro atoms. The van der Waals surface area contributed by atoms with E-state index in [1.54, 1.807) is 0 Å². The molecule has 7 heteroatoms. The van der Waals surface area contributed by atoms with E-state index in [1.807, 2.05) is 0 Å². The van der Waals surface area contributed by atoms with Gasteiger partial charge in [0.25, 0.3) is 0 Å². The molecule has 1 aromatic heterocycles. The Morgan fingerprint density at radius 1 is 1.42 bits per heavy atom. The van der Waals surface area contributed by atoms with E-state index < -0.39 is 10.2 Å². The van der Waals surface area contributed by atoms with Crippen LogP contribution in [-0.2, 0) is 0 Å². The fraction of sp³-hybridized carbons (Fsp3) is 0. The quantitative estimate of drug-likeness (QED) is 0.532. The number of nitrogens with zero attached hydrogens (tertiary/aromatic N) is 1. The minimum Gasteiger partial charge on any atom is -0.380 e. The molecule has 0 atom stereocenters. The Hall–Kier alpha value is -1.08. The normalized spacial score (nSPS) is 11.2. The van der Waals surface area contributed by atoms with E-state index in [9.17, 15) is 14.0 Å². The summed E-state index contributed by atoms with van der Waals surface area (Å²) in [6.07, 6.45) is 1.34. The van der Waals surface area contributed by atoms with Gasteiger partial charge < -0.3 is 5.73 Å². The van der Waals surface area contributed by atoms with E-state index in [4.69, 9.17) is 5.73 Å². The summed E-state index contributed by atoms with van der Waals surface area (Å²) in [5.41, 5.74) is 5.18. The van der Waals surface area contributed by atoms with Crippen molar-refractivity contribution in [2.45, 2.75) is 0 Å². The van der Waals surface area contributed by atoms with Crippen LogP contribution in [0.4, 0.5) is 5.82 Å². The molecule has 0 aliphatic heterocycles. The van der Waals surface area contributed by atoms with Crippen LogP contribution in [0, 0.1) is 10.2 Å². The summed E-state index contributed by atoms with van der Waals surface area (Å²) >= 11 is 0. The van der Waals surface area contributed by atoms with E-state index in [0.717, 1.165) is 0 Å². The third kappa shape index (κ3) is 2.51. The number of hydrogen-bond acceptors (Lipinski definition) is 6. The first-order chi connectivity index (χ1) is 5.49. The van der Waals surface area contributed by atoms with Crippen LogP contribution in [0.3, 0.4) is 0 Å². The molecular weight excluding hydrogens is 188 g/mol.